The van der Waals surface area contributed by atoms with Gasteiger partial charge in [-0.25, -0.2) is 9.97 Å². The zero-order valence-electron chi connectivity index (χ0n) is 11.4. The molecule has 2 heterocycles. The van der Waals surface area contributed by atoms with E-state index in [4.69, 9.17) is 11.6 Å². The van der Waals surface area contributed by atoms with Crippen molar-refractivity contribution in [1.29, 1.82) is 0 Å². The summed E-state index contributed by atoms with van der Waals surface area (Å²) < 4.78 is 0.989. The number of nitrogens with one attached hydrogen (secondary N) is 1. The number of anilines is 1. The number of aromatic nitrogens is 2. The lowest BCUT2D eigenvalue weighted by molar-refractivity contribution is 0.208. The van der Waals surface area contributed by atoms with Gasteiger partial charge in [-0.2, -0.15) is 0 Å². The van der Waals surface area contributed by atoms with Crippen LogP contribution in [0.5, 0.6) is 0 Å². The Morgan fingerprint density at radius 2 is 2.05 bits per heavy atom. The highest BCUT2D eigenvalue weighted by Gasteiger charge is 2.10. The monoisotopic (exact) mass is 319 g/mol. The maximum absolute atomic E-state index is 9.38. The molecule has 1 aromatic carbocycles. The van der Waals surface area contributed by atoms with E-state index in [0.29, 0.717) is 6.54 Å². The van der Waals surface area contributed by atoms with E-state index in [1.165, 1.54) is 6.33 Å². The molecule has 108 valence electrons. The van der Waals surface area contributed by atoms with E-state index in [1.807, 2.05) is 30.3 Å². The number of hydrogen-bond acceptors (Lipinski definition) is 5. The summed E-state index contributed by atoms with van der Waals surface area (Å²) in [6, 6.07) is 9.77. The largest absolute Gasteiger partial charge is 0.392 e. The van der Waals surface area contributed by atoms with Crippen molar-refractivity contribution in [2.45, 2.75) is 13.0 Å². The number of aliphatic hydroxyl groups is 1. The average molecular weight is 320 g/mol. The van der Waals surface area contributed by atoms with Crippen LogP contribution < -0.4 is 5.32 Å². The Morgan fingerprint density at radius 1 is 1.29 bits per heavy atom. The van der Waals surface area contributed by atoms with Crippen molar-refractivity contribution in [3.63, 3.8) is 0 Å². The van der Waals surface area contributed by atoms with Gasteiger partial charge in [0, 0.05) is 16.4 Å². The molecule has 0 saturated heterocycles. The molecule has 0 unspecified atom stereocenters. The highest BCUT2D eigenvalue weighted by Crippen LogP contribution is 2.35. The van der Waals surface area contributed by atoms with Crippen molar-refractivity contribution in [3.8, 4) is 10.4 Å². The van der Waals surface area contributed by atoms with Crippen LogP contribution >= 0.6 is 22.9 Å². The zero-order chi connectivity index (χ0) is 14.8. The summed E-state index contributed by atoms with van der Waals surface area (Å²) in [5.41, 5.74) is 2.00. The van der Waals surface area contributed by atoms with Gasteiger partial charge in [-0.1, -0.05) is 23.7 Å². The van der Waals surface area contributed by atoms with Crippen LogP contribution in [-0.2, 0) is 0 Å². The molecule has 2 aromatic heterocycles. The van der Waals surface area contributed by atoms with Crippen LogP contribution in [-0.4, -0.2) is 27.7 Å². The van der Waals surface area contributed by atoms with Crippen LogP contribution in [0.15, 0.2) is 36.7 Å². The first-order valence-corrected chi connectivity index (χ1v) is 7.75. The molecule has 0 fully saturated rings. The summed E-state index contributed by atoms with van der Waals surface area (Å²) in [7, 11) is 0. The maximum Gasteiger partial charge on any atom is 0.147 e. The molecule has 0 spiro atoms. The molecule has 4 nitrogen and oxygen atoms in total. The molecule has 3 rings (SSSR count). The van der Waals surface area contributed by atoms with E-state index in [-0.39, 0.29) is 0 Å². The number of halogens is 1. The molecular weight excluding hydrogens is 306 g/mol. The molecule has 1 atom stereocenters. The molecule has 3 aromatic rings. The van der Waals surface area contributed by atoms with Crippen molar-refractivity contribution < 1.29 is 5.11 Å². The highest BCUT2D eigenvalue weighted by molar-refractivity contribution is 7.22. The van der Waals surface area contributed by atoms with Crippen LogP contribution in [0.3, 0.4) is 0 Å². The Kier molecular flexibility index (Phi) is 4.05. The molecule has 0 amide bonds. The lowest BCUT2D eigenvalue weighted by atomic mass is 10.2. The number of rotatable bonds is 4. The number of aliphatic hydroxyl groups excluding tert-OH is 1. The molecule has 0 aliphatic heterocycles. The van der Waals surface area contributed by atoms with Gasteiger partial charge in [0.1, 0.15) is 12.1 Å². The highest BCUT2D eigenvalue weighted by atomic mass is 35.5. The predicted molar refractivity (Wildman–Crippen MR) is 88.0 cm³/mol. The molecule has 0 bridgehead atoms. The van der Waals surface area contributed by atoms with Crippen LogP contribution in [0.4, 0.5) is 5.82 Å². The van der Waals surface area contributed by atoms with Gasteiger partial charge in [0.15, 0.2) is 0 Å². The van der Waals surface area contributed by atoms with Crippen LogP contribution in [0.1, 0.15) is 6.92 Å². The molecule has 2 N–H and O–H groups in total. The summed E-state index contributed by atoms with van der Waals surface area (Å²) in [6.45, 7) is 2.19. The summed E-state index contributed by atoms with van der Waals surface area (Å²) in [5, 5.41) is 13.3. The second-order valence-corrected chi connectivity index (χ2v) is 6.27. The second kappa shape index (κ2) is 5.97. The molecule has 0 radical (unpaired) electrons. The summed E-state index contributed by atoms with van der Waals surface area (Å²) in [4.78, 5) is 9.67. The van der Waals surface area contributed by atoms with E-state index in [1.54, 1.807) is 18.3 Å². The summed E-state index contributed by atoms with van der Waals surface area (Å²) in [5.74, 6) is 0.756. The molecule has 6 heteroatoms. The van der Waals surface area contributed by atoms with Crippen molar-refractivity contribution in [2.24, 2.45) is 0 Å². The van der Waals surface area contributed by atoms with Gasteiger partial charge < -0.3 is 10.4 Å². The van der Waals surface area contributed by atoms with Crippen molar-refractivity contribution in [2.75, 3.05) is 11.9 Å². The third kappa shape index (κ3) is 3.15. The van der Waals surface area contributed by atoms with E-state index in [2.05, 4.69) is 15.3 Å². The molecule has 0 saturated carbocycles. The van der Waals surface area contributed by atoms with Crippen molar-refractivity contribution in [3.05, 3.63) is 41.7 Å². The third-order valence-electron chi connectivity index (χ3n) is 3.00. The van der Waals surface area contributed by atoms with Crippen molar-refractivity contribution >= 4 is 39.0 Å². The van der Waals surface area contributed by atoms with E-state index in [9.17, 15) is 5.11 Å². The van der Waals surface area contributed by atoms with E-state index in [0.717, 1.165) is 31.5 Å². The fraction of sp³-hybridized carbons (Fsp3) is 0.200. The molecule has 0 aliphatic rings. The summed E-state index contributed by atoms with van der Waals surface area (Å²) >= 11 is 7.54. The Labute approximate surface area is 131 Å². The molecule has 21 heavy (non-hydrogen) atoms. The minimum absolute atomic E-state index is 0.425. The standard InChI is InChI=1S/C15H14ClN3OS/c1-9(20)7-17-15-14-12(18-8-19-15)6-13(21-14)10-2-4-11(16)5-3-10/h2-6,8-9,20H,7H2,1H3,(H,17,18,19)/t9-/m1/s1. The first-order chi connectivity index (χ1) is 10.1. The maximum atomic E-state index is 9.38. The average Bonchev–Trinajstić information content (AvgIpc) is 2.90. The Balaban J connectivity index is 1.99. The first-order valence-electron chi connectivity index (χ1n) is 6.56. The number of thiophene rings is 1. The van der Waals surface area contributed by atoms with Gasteiger partial charge in [0.05, 0.1) is 16.3 Å². The fourth-order valence-electron chi connectivity index (χ4n) is 1.98. The third-order valence-corrected chi connectivity index (χ3v) is 4.44. The van der Waals surface area contributed by atoms with Gasteiger partial charge in [-0.15, -0.1) is 11.3 Å². The first kappa shape index (κ1) is 14.3. The Hall–Kier alpha value is -1.69. The smallest absolute Gasteiger partial charge is 0.147 e. The van der Waals surface area contributed by atoms with Crippen molar-refractivity contribution in [1.82, 2.24) is 9.97 Å². The lowest BCUT2D eigenvalue weighted by Crippen LogP contribution is -2.16. The van der Waals surface area contributed by atoms with Gasteiger partial charge >= 0.3 is 0 Å². The van der Waals surface area contributed by atoms with Gasteiger partial charge in [0.2, 0.25) is 0 Å². The molecular formula is C15H14ClN3OS. The second-order valence-electron chi connectivity index (χ2n) is 4.78. The SMILES string of the molecule is C[C@@H](O)CNc1ncnc2cc(-c3ccc(Cl)cc3)sc12. The predicted octanol–water partition coefficient (Wildman–Crippen LogP) is 3.80. The minimum Gasteiger partial charge on any atom is -0.392 e. The topological polar surface area (TPSA) is 58.0 Å². The van der Waals surface area contributed by atoms with Crippen LogP contribution in [0, 0.1) is 0 Å². The minimum atomic E-state index is -0.425. The van der Waals surface area contributed by atoms with E-state index < -0.39 is 6.10 Å². The van der Waals surface area contributed by atoms with E-state index >= 15 is 0 Å². The van der Waals surface area contributed by atoms with Gasteiger partial charge in [-0.3, -0.25) is 0 Å². The number of fused-ring (bicyclic) bond motifs is 1. The number of hydrogen-bond donors (Lipinski definition) is 2. The lowest BCUT2D eigenvalue weighted by Gasteiger charge is -2.07. The van der Waals surface area contributed by atoms with Gasteiger partial charge in [0.25, 0.3) is 0 Å². The molecule has 0 aliphatic carbocycles. The van der Waals surface area contributed by atoms with Crippen LogP contribution in [0.25, 0.3) is 20.7 Å². The number of benzene rings is 1. The fourth-order valence-corrected chi connectivity index (χ4v) is 3.19. The Bertz CT molecular complexity index is 755. The summed E-state index contributed by atoms with van der Waals surface area (Å²) in [6.07, 6.45) is 1.11. The number of nitrogens with zero attached hydrogens (tertiary/aromatic N) is 2. The zero-order valence-corrected chi connectivity index (χ0v) is 12.9. The quantitative estimate of drug-likeness (QED) is 0.768. The Morgan fingerprint density at radius 3 is 2.76 bits per heavy atom. The van der Waals surface area contributed by atoms with Gasteiger partial charge in [-0.05, 0) is 30.7 Å². The normalized spacial score (nSPS) is 12.5. The van der Waals surface area contributed by atoms with Crippen LogP contribution in [0.2, 0.25) is 5.02 Å².